The van der Waals surface area contributed by atoms with E-state index >= 15 is 0 Å². The summed E-state index contributed by atoms with van der Waals surface area (Å²) < 4.78 is 11.6. The number of fused-ring (bicyclic) bond motifs is 1. The maximum atomic E-state index is 9.10. The summed E-state index contributed by atoms with van der Waals surface area (Å²) in [4.78, 5) is 24.3. The fourth-order valence-electron chi connectivity index (χ4n) is 3.38. The Hall–Kier alpha value is -2.33. The van der Waals surface area contributed by atoms with Gasteiger partial charge >= 0.3 is 11.9 Å². The summed E-state index contributed by atoms with van der Waals surface area (Å²) in [7, 11) is 0. The van der Waals surface area contributed by atoms with Crippen molar-refractivity contribution in [3.8, 4) is 11.5 Å². The van der Waals surface area contributed by atoms with Crippen LogP contribution in [-0.4, -0.2) is 78.7 Å². The van der Waals surface area contributed by atoms with Gasteiger partial charge < -0.3 is 24.6 Å². The fourth-order valence-corrected chi connectivity index (χ4v) is 4.69. The molecule has 2 aliphatic heterocycles. The lowest BCUT2D eigenvalue weighted by atomic mass is 10.2. The zero-order valence-corrected chi connectivity index (χ0v) is 20.0. The van der Waals surface area contributed by atoms with Crippen LogP contribution in [0, 0.1) is 0 Å². The molecule has 1 fully saturated rings. The summed E-state index contributed by atoms with van der Waals surface area (Å²) in [5.41, 5.74) is 1.15. The van der Waals surface area contributed by atoms with Crippen LogP contribution in [0.15, 0.2) is 41.3 Å². The largest absolute Gasteiger partial charge is 0.486 e. The number of carboxylic acids is 2. The predicted octanol–water partition coefficient (Wildman–Crippen LogP) is 3.83. The molecule has 2 aromatic rings. The summed E-state index contributed by atoms with van der Waals surface area (Å²) in [6.07, 6.45) is 0. The lowest BCUT2D eigenvalue weighted by molar-refractivity contribution is -0.159. The third-order valence-corrected chi connectivity index (χ3v) is 6.72. The normalized spacial score (nSPS) is 15.4. The standard InChI is InChI=1S/C20H22Cl2N2O2S.C2H2O4/c21-16-5-4-15(14-17(16)22)27-13-10-23-6-8-24(9-7-23)18-2-1-3-19-20(18)26-12-11-25-19;3-1(4)2(5)6/h1-5,14H,6-13H2;(H,3,4)(H,5,6). The van der Waals surface area contributed by atoms with Gasteiger partial charge in [0.2, 0.25) is 0 Å². The third-order valence-electron chi connectivity index (χ3n) is 5.01. The predicted molar refractivity (Wildman–Crippen MR) is 129 cm³/mol. The maximum absolute atomic E-state index is 9.10. The van der Waals surface area contributed by atoms with Crippen LogP contribution in [0.1, 0.15) is 0 Å². The first-order chi connectivity index (χ1) is 15.8. The van der Waals surface area contributed by atoms with E-state index in [2.05, 4.69) is 15.9 Å². The van der Waals surface area contributed by atoms with E-state index in [9.17, 15) is 0 Å². The Morgan fingerprint density at radius 1 is 0.939 bits per heavy atom. The molecule has 178 valence electrons. The minimum absolute atomic E-state index is 0.606. The molecule has 0 radical (unpaired) electrons. The van der Waals surface area contributed by atoms with E-state index in [1.807, 2.05) is 42.1 Å². The van der Waals surface area contributed by atoms with Gasteiger partial charge in [0, 0.05) is 43.4 Å². The Balaban J connectivity index is 0.000000454. The average molecular weight is 515 g/mol. The highest BCUT2D eigenvalue weighted by Gasteiger charge is 2.23. The van der Waals surface area contributed by atoms with Gasteiger partial charge in [0.05, 0.1) is 15.7 Å². The van der Waals surface area contributed by atoms with E-state index in [0.29, 0.717) is 23.3 Å². The monoisotopic (exact) mass is 514 g/mol. The molecule has 0 atom stereocenters. The number of nitrogens with zero attached hydrogens (tertiary/aromatic N) is 2. The second kappa shape index (κ2) is 12.2. The number of halogens is 2. The highest BCUT2D eigenvalue weighted by atomic mass is 35.5. The van der Waals surface area contributed by atoms with Crippen LogP contribution in [0.3, 0.4) is 0 Å². The summed E-state index contributed by atoms with van der Waals surface area (Å²) >= 11 is 13.9. The van der Waals surface area contributed by atoms with Crippen molar-refractivity contribution < 1.29 is 29.3 Å². The first kappa shape index (κ1) is 25.3. The number of anilines is 1. The van der Waals surface area contributed by atoms with Crippen LogP contribution >= 0.6 is 35.0 Å². The van der Waals surface area contributed by atoms with Gasteiger partial charge in [0.15, 0.2) is 11.5 Å². The van der Waals surface area contributed by atoms with Gasteiger partial charge in [0.1, 0.15) is 13.2 Å². The summed E-state index contributed by atoms with van der Waals surface area (Å²) in [6, 6.07) is 12.0. The lowest BCUT2D eigenvalue weighted by Crippen LogP contribution is -2.47. The summed E-state index contributed by atoms with van der Waals surface area (Å²) in [6.45, 7) is 6.40. The molecule has 2 N–H and O–H groups in total. The van der Waals surface area contributed by atoms with Crippen molar-refractivity contribution in [3.05, 3.63) is 46.4 Å². The molecule has 0 saturated carbocycles. The van der Waals surface area contributed by atoms with Crippen LogP contribution in [0.2, 0.25) is 10.0 Å². The highest BCUT2D eigenvalue weighted by Crippen LogP contribution is 2.39. The quantitative estimate of drug-likeness (QED) is 0.455. The number of rotatable bonds is 5. The van der Waals surface area contributed by atoms with Crippen LogP contribution in [0.5, 0.6) is 11.5 Å². The molecule has 0 bridgehead atoms. The Labute approximate surface area is 206 Å². The van der Waals surface area contributed by atoms with Crippen LogP contribution in [-0.2, 0) is 9.59 Å². The molecule has 0 spiro atoms. The Morgan fingerprint density at radius 2 is 1.64 bits per heavy atom. The molecular weight excluding hydrogens is 491 g/mol. The molecule has 0 aliphatic carbocycles. The number of thioether (sulfide) groups is 1. The van der Waals surface area contributed by atoms with Crippen molar-refractivity contribution in [3.63, 3.8) is 0 Å². The van der Waals surface area contributed by atoms with Gasteiger partial charge in [-0.25, -0.2) is 9.59 Å². The molecule has 8 nitrogen and oxygen atoms in total. The summed E-state index contributed by atoms with van der Waals surface area (Å²) in [5, 5.41) is 16.0. The smallest absolute Gasteiger partial charge is 0.414 e. The Kier molecular flexibility index (Phi) is 9.37. The van der Waals surface area contributed by atoms with Gasteiger partial charge in [-0.2, -0.15) is 0 Å². The molecule has 0 amide bonds. The van der Waals surface area contributed by atoms with E-state index in [-0.39, 0.29) is 0 Å². The molecule has 0 aromatic heterocycles. The number of para-hydroxylation sites is 1. The number of carbonyl (C=O) groups is 2. The lowest BCUT2D eigenvalue weighted by Gasteiger charge is -2.37. The zero-order chi connectivity index (χ0) is 23.8. The van der Waals surface area contributed by atoms with E-state index in [1.54, 1.807) is 0 Å². The Morgan fingerprint density at radius 3 is 2.30 bits per heavy atom. The molecule has 33 heavy (non-hydrogen) atoms. The average Bonchev–Trinajstić information content (AvgIpc) is 2.82. The second-order valence-corrected chi connectivity index (χ2v) is 9.15. The topological polar surface area (TPSA) is 99.5 Å². The van der Waals surface area contributed by atoms with Crippen LogP contribution < -0.4 is 14.4 Å². The van der Waals surface area contributed by atoms with Crippen molar-refractivity contribution in [2.24, 2.45) is 0 Å². The van der Waals surface area contributed by atoms with E-state index in [1.165, 1.54) is 0 Å². The number of aliphatic carboxylic acids is 2. The van der Waals surface area contributed by atoms with Crippen LogP contribution in [0.4, 0.5) is 5.69 Å². The first-order valence-electron chi connectivity index (χ1n) is 10.2. The van der Waals surface area contributed by atoms with Gasteiger partial charge in [-0.3, -0.25) is 4.90 Å². The SMILES string of the molecule is Clc1ccc(SCCN2CCN(c3cccc4c3OCCO4)CC2)cc1Cl.O=C(O)C(=O)O. The zero-order valence-electron chi connectivity index (χ0n) is 17.7. The van der Waals surface area contributed by atoms with Crippen LogP contribution in [0.25, 0.3) is 0 Å². The maximum Gasteiger partial charge on any atom is 0.414 e. The number of piperazine rings is 1. The minimum Gasteiger partial charge on any atom is -0.486 e. The van der Waals surface area contributed by atoms with Gasteiger partial charge in [-0.1, -0.05) is 29.3 Å². The van der Waals surface area contributed by atoms with Crippen molar-refractivity contribution in [2.45, 2.75) is 4.90 Å². The van der Waals surface area contributed by atoms with E-state index in [4.69, 9.17) is 52.5 Å². The second-order valence-electron chi connectivity index (χ2n) is 7.16. The van der Waals surface area contributed by atoms with Crippen molar-refractivity contribution in [2.75, 3.05) is 56.6 Å². The number of hydrogen-bond acceptors (Lipinski definition) is 7. The fraction of sp³-hybridized carbons (Fsp3) is 0.364. The van der Waals surface area contributed by atoms with E-state index < -0.39 is 11.9 Å². The van der Waals surface area contributed by atoms with Gasteiger partial charge in [-0.15, -0.1) is 11.8 Å². The molecule has 11 heteroatoms. The van der Waals surface area contributed by atoms with Crippen molar-refractivity contribution >= 4 is 52.6 Å². The molecule has 2 aliphatic rings. The highest BCUT2D eigenvalue weighted by molar-refractivity contribution is 7.99. The number of benzene rings is 2. The molecule has 0 unspecified atom stereocenters. The minimum atomic E-state index is -1.82. The molecular formula is C22H24Cl2N2O6S. The summed E-state index contributed by atoms with van der Waals surface area (Å²) in [5.74, 6) is -0.855. The molecule has 2 heterocycles. The number of ether oxygens (including phenoxy) is 2. The van der Waals surface area contributed by atoms with E-state index in [0.717, 1.165) is 60.6 Å². The number of hydrogen-bond donors (Lipinski definition) is 2. The number of carboxylic acid groups (broad SMARTS) is 2. The van der Waals surface area contributed by atoms with Crippen molar-refractivity contribution in [1.29, 1.82) is 0 Å². The molecule has 2 aromatic carbocycles. The molecule has 1 saturated heterocycles. The van der Waals surface area contributed by atoms with Gasteiger partial charge in [-0.05, 0) is 30.3 Å². The molecule has 4 rings (SSSR count). The first-order valence-corrected chi connectivity index (χ1v) is 12.0. The van der Waals surface area contributed by atoms with Gasteiger partial charge in [0.25, 0.3) is 0 Å². The third kappa shape index (κ3) is 7.33. The van der Waals surface area contributed by atoms with Crippen molar-refractivity contribution in [1.82, 2.24) is 4.90 Å². The Bertz CT molecular complexity index is 973.